The second-order valence-electron chi connectivity index (χ2n) is 2.46. The van der Waals surface area contributed by atoms with Crippen molar-refractivity contribution in [3.63, 3.8) is 0 Å². The quantitative estimate of drug-likeness (QED) is 0.579. The molecule has 0 heterocycles. The first kappa shape index (κ1) is 16.1. The SMILES string of the molecule is CS(=O)(=O)O.CSCC[C@H](N)C(=O)O. The molecule has 8 heteroatoms. The number of hydrogen-bond acceptors (Lipinski definition) is 5. The van der Waals surface area contributed by atoms with Gasteiger partial charge in [-0.1, -0.05) is 0 Å². The van der Waals surface area contributed by atoms with E-state index >= 15 is 0 Å². The van der Waals surface area contributed by atoms with Crippen LogP contribution in [0.25, 0.3) is 0 Å². The van der Waals surface area contributed by atoms with Gasteiger partial charge in [-0.05, 0) is 18.4 Å². The molecule has 0 saturated carbocycles. The summed E-state index contributed by atoms with van der Waals surface area (Å²) in [5.74, 6) is -0.1000. The average molecular weight is 245 g/mol. The molecule has 14 heavy (non-hydrogen) atoms. The van der Waals surface area contributed by atoms with Gasteiger partial charge in [0.25, 0.3) is 10.1 Å². The third-order valence-corrected chi connectivity index (χ3v) is 1.59. The lowest BCUT2D eigenvalue weighted by Crippen LogP contribution is -2.30. The summed E-state index contributed by atoms with van der Waals surface area (Å²) < 4.78 is 25.9. The highest BCUT2D eigenvalue weighted by Gasteiger charge is 2.08. The summed E-state index contributed by atoms with van der Waals surface area (Å²) in [5.41, 5.74) is 5.19. The van der Waals surface area contributed by atoms with Crippen LogP contribution >= 0.6 is 11.8 Å². The van der Waals surface area contributed by atoms with E-state index in [9.17, 15) is 13.2 Å². The third kappa shape index (κ3) is 22.6. The summed E-state index contributed by atoms with van der Waals surface area (Å²) in [7, 11) is -3.67. The van der Waals surface area contributed by atoms with Crippen LogP contribution in [-0.4, -0.2) is 48.4 Å². The molecule has 0 aromatic carbocycles. The van der Waals surface area contributed by atoms with Crippen molar-refractivity contribution in [3.05, 3.63) is 0 Å². The Bertz CT molecular complexity index is 243. The fourth-order valence-corrected chi connectivity index (χ4v) is 0.858. The van der Waals surface area contributed by atoms with Gasteiger partial charge < -0.3 is 10.8 Å². The first-order valence-corrected chi connectivity index (χ1v) is 6.82. The molecule has 0 aliphatic heterocycles. The Morgan fingerprint density at radius 3 is 2.14 bits per heavy atom. The number of carbonyl (C=O) groups is 1. The molecule has 0 aromatic rings. The van der Waals surface area contributed by atoms with Crippen molar-refractivity contribution in [1.29, 1.82) is 0 Å². The predicted octanol–water partition coefficient (Wildman–Crippen LogP) is -0.345. The lowest BCUT2D eigenvalue weighted by Gasteiger charge is -2.02. The first-order chi connectivity index (χ1) is 6.18. The van der Waals surface area contributed by atoms with Crippen LogP contribution < -0.4 is 5.73 Å². The zero-order chi connectivity index (χ0) is 11.8. The number of thioether (sulfide) groups is 1. The van der Waals surface area contributed by atoms with E-state index in [0.29, 0.717) is 12.7 Å². The maximum absolute atomic E-state index is 10.1. The first-order valence-electron chi connectivity index (χ1n) is 3.58. The number of carboxylic acid groups (broad SMARTS) is 1. The van der Waals surface area contributed by atoms with Crippen LogP contribution in [0.2, 0.25) is 0 Å². The van der Waals surface area contributed by atoms with Gasteiger partial charge in [-0.15, -0.1) is 0 Å². The van der Waals surface area contributed by atoms with Crippen molar-refractivity contribution in [3.8, 4) is 0 Å². The van der Waals surface area contributed by atoms with Crippen LogP contribution in [-0.2, 0) is 14.9 Å². The second-order valence-corrected chi connectivity index (χ2v) is 4.91. The Morgan fingerprint density at radius 2 is 1.93 bits per heavy atom. The average Bonchev–Trinajstić information content (AvgIpc) is 1.96. The Labute approximate surface area is 87.6 Å². The van der Waals surface area contributed by atoms with E-state index in [1.54, 1.807) is 11.8 Å². The molecule has 0 unspecified atom stereocenters. The van der Waals surface area contributed by atoms with Gasteiger partial charge in [-0.3, -0.25) is 9.35 Å². The smallest absolute Gasteiger partial charge is 0.320 e. The summed E-state index contributed by atoms with van der Waals surface area (Å²) in [4.78, 5) is 10.1. The highest BCUT2D eigenvalue weighted by Crippen LogP contribution is 1.97. The summed E-state index contributed by atoms with van der Waals surface area (Å²) in [6.07, 6.45) is 3.19. The fraction of sp³-hybridized carbons (Fsp3) is 0.833. The largest absolute Gasteiger partial charge is 0.480 e. The molecule has 0 fully saturated rings. The van der Waals surface area contributed by atoms with Gasteiger partial charge in [0.15, 0.2) is 0 Å². The molecule has 1 atom stereocenters. The van der Waals surface area contributed by atoms with E-state index in [2.05, 4.69) is 0 Å². The van der Waals surface area contributed by atoms with Gasteiger partial charge in [-0.25, -0.2) is 0 Å². The molecule has 4 N–H and O–H groups in total. The molecule has 0 aliphatic carbocycles. The predicted molar refractivity (Wildman–Crippen MR) is 56.1 cm³/mol. The minimum Gasteiger partial charge on any atom is -0.480 e. The van der Waals surface area contributed by atoms with Crippen molar-refractivity contribution >= 4 is 27.8 Å². The van der Waals surface area contributed by atoms with Crippen molar-refractivity contribution in [2.45, 2.75) is 12.5 Å². The van der Waals surface area contributed by atoms with E-state index in [4.69, 9.17) is 15.4 Å². The molecule has 0 aromatic heterocycles. The Balaban J connectivity index is 0. The molecule has 0 aliphatic rings. The van der Waals surface area contributed by atoms with Crippen LogP contribution in [0.1, 0.15) is 6.42 Å². The molecule has 86 valence electrons. The monoisotopic (exact) mass is 245 g/mol. The molecule has 0 rings (SSSR count). The number of carboxylic acids is 1. The van der Waals surface area contributed by atoms with Crippen molar-refractivity contribution < 1.29 is 22.9 Å². The summed E-state index contributed by atoms with van der Waals surface area (Å²) in [6.45, 7) is 0. The maximum Gasteiger partial charge on any atom is 0.320 e. The van der Waals surface area contributed by atoms with Crippen LogP contribution in [0.3, 0.4) is 0 Å². The number of rotatable bonds is 4. The molecule has 0 saturated heterocycles. The van der Waals surface area contributed by atoms with E-state index in [-0.39, 0.29) is 0 Å². The normalized spacial score (nSPS) is 12.6. The minimum absolute atomic E-state index is 0.552. The van der Waals surface area contributed by atoms with Crippen LogP contribution in [0.4, 0.5) is 0 Å². The van der Waals surface area contributed by atoms with Crippen LogP contribution in [0.15, 0.2) is 0 Å². The minimum atomic E-state index is -3.67. The number of nitrogens with two attached hydrogens (primary N) is 1. The van der Waals surface area contributed by atoms with Crippen molar-refractivity contribution in [2.24, 2.45) is 5.73 Å². The Hall–Kier alpha value is -0.310. The highest BCUT2D eigenvalue weighted by molar-refractivity contribution is 7.98. The fourth-order valence-electron chi connectivity index (χ4n) is 0.368. The van der Waals surface area contributed by atoms with E-state index in [1.807, 2.05) is 6.26 Å². The lowest BCUT2D eigenvalue weighted by molar-refractivity contribution is -0.138. The topological polar surface area (TPSA) is 118 Å². The van der Waals surface area contributed by atoms with Gasteiger partial charge in [0.2, 0.25) is 0 Å². The van der Waals surface area contributed by atoms with E-state index in [1.165, 1.54) is 0 Å². The zero-order valence-corrected chi connectivity index (χ0v) is 9.64. The lowest BCUT2D eigenvalue weighted by atomic mass is 10.2. The number of hydrogen-bond donors (Lipinski definition) is 3. The van der Waals surface area contributed by atoms with Gasteiger partial charge in [0.1, 0.15) is 6.04 Å². The molecule has 6 nitrogen and oxygen atoms in total. The molecule has 0 bridgehead atoms. The summed E-state index contributed by atoms with van der Waals surface area (Å²) >= 11 is 1.60. The molecular formula is C6H15NO5S2. The van der Waals surface area contributed by atoms with Gasteiger partial charge in [0.05, 0.1) is 6.26 Å². The van der Waals surface area contributed by atoms with E-state index < -0.39 is 22.1 Å². The standard InChI is InChI=1S/C5H11NO2S.CH4O3S/c1-9-3-2-4(6)5(7)8;1-5(2,3)4/h4H,2-3,6H2,1H3,(H,7,8);1H3,(H,2,3,4)/t4-;/m0./s1. The molecule has 0 amide bonds. The van der Waals surface area contributed by atoms with E-state index in [0.717, 1.165) is 5.75 Å². The Morgan fingerprint density at radius 1 is 1.57 bits per heavy atom. The van der Waals surface area contributed by atoms with Crippen molar-refractivity contribution in [2.75, 3.05) is 18.3 Å². The molecule has 0 spiro atoms. The maximum atomic E-state index is 10.1. The van der Waals surface area contributed by atoms with Gasteiger partial charge in [0, 0.05) is 0 Å². The second kappa shape index (κ2) is 8.04. The number of aliphatic carboxylic acids is 1. The highest BCUT2D eigenvalue weighted by atomic mass is 32.2. The third-order valence-electron chi connectivity index (χ3n) is 0.950. The molecule has 0 radical (unpaired) electrons. The summed E-state index contributed by atoms with van der Waals surface area (Å²) in [5, 5.41) is 8.27. The summed E-state index contributed by atoms with van der Waals surface area (Å²) in [6, 6.07) is -0.683. The van der Waals surface area contributed by atoms with Crippen LogP contribution in [0, 0.1) is 0 Å². The van der Waals surface area contributed by atoms with Crippen molar-refractivity contribution in [1.82, 2.24) is 0 Å². The van der Waals surface area contributed by atoms with Gasteiger partial charge in [-0.2, -0.15) is 20.2 Å². The molecular weight excluding hydrogens is 230 g/mol. The van der Waals surface area contributed by atoms with Gasteiger partial charge >= 0.3 is 5.97 Å². The zero-order valence-electron chi connectivity index (χ0n) is 8.00. The van der Waals surface area contributed by atoms with Crippen LogP contribution in [0.5, 0.6) is 0 Å². The Kier molecular flexibility index (Phi) is 9.26.